The van der Waals surface area contributed by atoms with Crippen molar-refractivity contribution in [3.63, 3.8) is 0 Å². The Morgan fingerprint density at radius 2 is 2.07 bits per heavy atom. The van der Waals surface area contributed by atoms with Crippen LogP contribution in [0.25, 0.3) is 0 Å². The van der Waals surface area contributed by atoms with Gasteiger partial charge >= 0.3 is 0 Å². The molecule has 0 spiro atoms. The molecule has 0 unspecified atom stereocenters. The average molecular weight is 430 g/mol. The number of nitrogens with zero attached hydrogens (tertiary/aromatic N) is 1. The first-order valence-corrected chi connectivity index (χ1v) is 10.4. The van der Waals surface area contributed by atoms with E-state index < -0.39 is 17.4 Å². The lowest BCUT2D eigenvalue weighted by Gasteiger charge is -2.27. The molecule has 1 aromatic heterocycles. The van der Waals surface area contributed by atoms with Crippen molar-refractivity contribution in [2.75, 3.05) is 26.0 Å². The van der Waals surface area contributed by atoms with Gasteiger partial charge in [0.2, 0.25) is 5.91 Å². The van der Waals surface area contributed by atoms with E-state index in [-0.39, 0.29) is 44.3 Å². The number of hydrogen-bond donors (Lipinski definition) is 5. The van der Waals surface area contributed by atoms with Crippen LogP contribution in [0.4, 0.5) is 0 Å². The van der Waals surface area contributed by atoms with Gasteiger partial charge in [-0.3, -0.25) is 19.3 Å². The van der Waals surface area contributed by atoms with Crippen molar-refractivity contribution in [3.05, 3.63) is 23.0 Å². The quantitative estimate of drug-likeness (QED) is 0.282. The topological polar surface area (TPSA) is 141 Å². The summed E-state index contributed by atoms with van der Waals surface area (Å²) in [5, 5.41) is 31.7. The Hall–Kier alpha value is -1.72. The van der Waals surface area contributed by atoms with E-state index in [1.54, 1.807) is 27.0 Å². The summed E-state index contributed by atoms with van der Waals surface area (Å²) in [6.45, 7) is 4.97. The van der Waals surface area contributed by atoms with Gasteiger partial charge in [0.05, 0.1) is 18.9 Å². The molecule has 1 heterocycles. The molecular formula is C19H31N3O6S. The molecule has 1 rings (SSSR count). The van der Waals surface area contributed by atoms with Crippen molar-refractivity contribution in [1.29, 1.82) is 0 Å². The van der Waals surface area contributed by atoms with E-state index in [1.165, 1.54) is 11.9 Å². The summed E-state index contributed by atoms with van der Waals surface area (Å²) in [4.78, 5) is 27.9. The Labute approximate surface area is 175 Å². The molecular weight excluding hydrogens is 398 g/mol. The molecule has 0 bridgehead atoms. The molecule has 0 saturated heterocycles. The first kappa shape index (κ1) is 25.3. The molecule has 5 N–H and O–H groups in total. The molecule has 0 aliphatic heterocycles. The van der Waals surface area contributed by atoms with Crippen molar-refractivity contribution in [2.45, 2.75) is 46.4 Å². The van der Waals surface area contributed by atoms with Gasteiger partial charge in [0, 0.05) is 42.2 Å². The van der Waals surface area contributed by atoms with Crippen LogP contribution in [0.5, 0.6) is 5.75 Å². The fourth-order valence-corrected chi connectivity index (χ4v) is 2.65. The fourth-order valence-electron chi connectivity index (χ4n) is 2.36. The van der Waals surface area contributed by atoms with Crippen LogP contribution >= 0.6 is 11.9 Å². The van der Waals surface area contributed by atoms with E-state index >= 15 is 0 Å². The van der Waals surface area contributed by atoms with Crippen molar-refractivity contribution < 1.29 is 29.6 Å². The molecule has 0 aliphatic carbocycles. The number of ketones is 1. The van der Waals surface area contributed by atoms with Gasteiger partial charge in [0.1, 0.15) is 18.5 Å². The van der Waals surface area contributed by atoms with Gasteiger partial charge in [-0.2, -0.15) is 0 Å². The smallest absolute Gasteiger partial charge is 0.249 e. The molecule has 1 amide bonds. The number of Topliss-reactive ketones (excluding diaryl/α,β-unsaturated/α-hetero) is 1. The van der Waals surface area contributed by atoms with Crippen LogP contribution < -0.4 is 10.0 Å². The summed E-state index contributed by atoms with van der Waals surface area (Å²) in [5.74, 6) is -0.745. The maximum absolute atomic E-state index is 12.0. The van der Waals surface area contributed by atoms with Gasteiger partial charge in [-0.05, 0) is 13.2 Å². The number of rotatable bonds is 13. The van der Waals surface area contributed by atoms with Crippen LogP contribution in [0.3, 0.4) is 0 Å². The Morgan fingerprint density at radius 1 is 1.38 bits per heavy atom. The summed E-state index contributed by atoms with van der Waals surface area (Å²) < 4.78 is 8.51. The van der Waals surface area contributed by atoms with Gasteiger partial charge in [0.15, 0.2) is 5.78 Å². The summed E-state index contributed by atoms with van der Waals surface area (Å²) >= 11 is 1.42. The van der Waals surface area contributed by atoms with Crippen molar-refractivity contribution in [1.82, 2.24) is 15.0 Å². The van der Waals surface area contributed by atoms with E-state index in [0.717, 1.165) is 0 Å². The van der Waals surface area contributed by atoms with Crippen LogP contribution in [0.1, 0.15) is 37.1 Å². The zero-order valence-corrected chi connectivity index (χ0v) is 18.1. The highest BCUT2D eigenvalue weighted by atomic mass is 32.2. The average Bonchev–Trinajstić information content (AvgIpc) is 2.69. The second kappa shape index (κ2) is 12.1. The highest BCUT2D eigenvalue weighted by Gasteiger charge is 2.32. The number of pyridine rings is 1. The Kier molecular flexibility index (Phi) is 10.5. The number of amides is 1. The maximum Gasteiger partial charge on any atom is 0.249 e. The lowest BCUT2D eigenvalue weighted by atomic mass is 9.87. The summed E-state index contributed by atoms with van der Waals surface area (Å²) in [6.07, 6.45) is 2.18. The van der Waals surface area contributed by atoms with E-state index in [4.69, 9.17) is 4.74 Å². The largest absolute Gasteiger partial charge is 0.506 e. The molecule has 0 radical (unpaired) electrons. The minimum atomic E-state index is -1.37. The normalized spacial score (nSPS) is 12.6. The van der Waals surface area contributed by atoms with Crippen molar-refractivity contribution in [3.8, 4) is 5.75 Å². The summed E-state index contributed by atoms with van der Waals surface area (Å²) in [6, 6.07) is 0. The molecule has 1 atom stereocenters. The summed E-state index contributed by atoms with van der Waals surface area (Å²) in [5.41, 5.74) is 0.912. The Balaban J connectivity index is 2.45. The molecule has 1 aromatic rings. The van der Waals surface area contributed by atoms with E-state index in [1.807, 2.05) is 6.26 Å². The van der Waals surface area contributed by atoms with E-state index in [9.17, 15) is 24.9 Å². The van der Waals surface area contributed by atoms with Gasteiger partial charge in [-0.25, -0.2) is 0 Å². The molecule has 10 heteroatoms. The van der Waals surface area contributed by atoms with Gasteiger partial charge < -0.3 is 25.4 Å². The first-order valence-electron chi connectivity index (χ1n) is 9.22. The van der Waals surface area contributed by atoms with E-state index in [0.29, 0.717) is 23.4 Å². The molecule has 29 heavy (non-hydrogen) atoms. The zero-order chi connectivity index (χ0) is 22.0. The molecule has 9 nitrogen and oxygen atoms in total. The maximum atomic E-state index is 12.0. The number of carbonyl (C=O) groups is 2. The van der Waals surface area contributed by atoms with Crippen LogP contribution in [-0.4, -0.2) is 64.1 Å². The second-order valence-electron chi connectivity index (χ2n) is 7.34. The third-order valence-electron chi connectivity index (χ3n) is 4.44. The SMILES string of the molecule is CSNCc1c(COCC(=O)CCNC(=O)[C@H](O)C(C)(C)CO)cnc(C)c1O. The zero-order valence-electron chi connectivity index (χ0n) is 17.3. The number of aryl methyl sites for hydroxylation is 1. The second-order valence-corrected chi connectivity index (χ2v) is 8.04. The third-order valence-corrected chi connectivity index (χ3v) is 4.88. The third kappa shape index (κ3) is 7.90. The molecule has 0 saturated carbocycles. The molecule has 0 aliphatic rings. The highest BCUT2D eigenvalue weighted by molar-refractivity contribution is 7.96. The van der Waals surface area contributed by atoms with Gasteiger partial charge in [-0.15, -0.1) is 0 Å². The monoisotopic (exact) mass is 429 g/mol. The Bertz CT molecular complexity index is 699. The summed E-state index contributed by atoms with van der Waals surface area (Å²) in [7, 11) is 0. The van der Waals surface area contributed by atoms with E-state index in [2.05, 4.69) is 15.0 Å². The minimum Gasteiger partial charge on any atom is -0.506 e. The number of aliphatic hydroxyl groups is 2. The molecule has 164 valence electrons. The van der Waals surface area contributed by atoms with Crippen LogP contribution in [0.15, 0.2) is 6.20 Å². The number of aromatic nitrogens is 1. The number of ether oxygens (including phenoxy) is 1. The molecule has 0 aromatic carbocycles. The number of aromatic hydroxyl groups is 1. The van der Waals surface area contributed by atoms with Crippen molar-refractivity contribution in [2.24, 2.45) is 5.41 Å². The predicted octanol–water partition coefficient (Wildman–Crippen LogP) is 0.435. The van der Waals surface area contributed by atoms with Crippen LogP contribution in [0, 0.1) is 12.3 Å². The lowest BCUT2D eigenvalue weighted by Crippen LogP contribution is -2.46. The first-order chi connectivity index (χ1) is 13.6. The number of aliphatic hydroxyl groups excluding tert-OH is 2. The lowest BCUT2D eigenvalue weighted by molar-refractivity contribution is -0.137. The van der Waals surface area contributed by atoms with Gasteiger partial charge in [-0.1, -0.05) is 25.8 Å². The van der Waals surface area contributed by atoms with Crippen LogP contribution in [0.2, 0.25) is 0 Å². The fraction of sp³-hybridized carbons (Fsp3) is 0.632. The van der Waals surface area contributed by atoms with Crippen LogP contribution in [-0.2, 0) is 27.5 Å². The number of hydrogen-bond acceptors (Lipinski definition) is 9. The Morgan fingerprint density at radius 3 is 2.69 bits per heavy atom. The highest BCUT2D eigenvalue weighted by Crippen LogP contribution is 2.24. The van der Waals surface area contributed by atoms with Gasteiger partial charge in [0.25, 0.3) is 0 Å². The van der Waals surface area contributed by atoms with Crippen molar-refractivity contribution >= 4 is 23.6 Å². The number of carbonyl (C=O) groups excluding carboxylic acids is 2. The number of nitrogens with one attached hydrogen (secondary N) is 2. The predicted molar refractivity (Wildman–Crippen MR) is 110 cm³/mol. The standard InChI is InChI=1S/C19H31N3O6S/c1-12-16(25)15(8-22-29-4)13(7-21-12)9-28-10-14(24)5-6-20-18(27)17(26)19(2,3)11-23/h7,17,22-23,25-26H,5-6,8-11H2,1-4H3,(H,20,27)/t17-/m0/s1. The minimum absolute atomic E-state index is 0.0519. The molecule has 0 fully saturated rings.